The fourth-order valence-corrected chi connectivity index (χ4v) is 9.15. The lowest BCUT2D eigenvalue weighted by Crippen LogP contribution is -2.35. The standard InChI is InChI=1S/C45H51Cl2N5O6/c1-51(24-27-11-13-28(14-12-27)45(54)55)25-31-17-38(46)30(20-40(31)56-2)26-52-39-10-6-8-34(36(39)23-49-52)35-9-5-7-33(44(35)47)29-18-41(57-3)37(42(19-29)58-4)22-48-21-32-15-16-43(53)50-32/h5-10,17-20,23,27-28,32,48H,11-16,21-22,24-26H2,1-4H3,(H,50,53)(H,54,55)/t27?,28?,32-/m0/s1. The molecule has 2 fully saturated rings. The van der Waals surface area contributed by atoms with Crippen molar-refractivity contribution < 1.29 is 28.9 Å². The number of hydrogen-bond acceptors (Lipinski definition) is 8. The molecular formula is C45H51Cl2N5O6. The third kappa shape index (κ3) is 9.08. The zero-order valence-electron chi connectivity index (χ0n) is 33.4. The van der Waals surface area contributed by atoms with Gasteiger partial charge in [-0.15, -0.1) is 0 Å². The maximum Gasteiger partial charge on any atom is 0.306 e. The third-order valence-electron chi connectivity index (χ3n) is 11.6. The average molecular weight is 829 g/mol. The van der Waals surface area contributed by atoms with Gasteiger partial charge >= 0.3 is 5.97 Å². The normalized spacial score (nSPS) is 18.1. The Balaban J connectivity index is 1.09. The molecule has 0 unspecified atom stereocenters. The molecule has 11 nitrogen and oxygen atoms in total. The third-order valence-corrected chi connectivity index (χ3v) is 12.4. The van der Waals surface area contributed by atoms with Crippen molar-refractivity contribution in [2.24, 2.45) is 11.8 Å². The summed E-state index contributed by atoms with van der Waals surface area (Å²) in [5.41, 5.74) is 7.22. The van der Waals surface area contributed by atoms with Crippen LogP contribution in [0.5, 0.6) is 17.2 Å². The minimum atomic E-state index is -0.676. The first-order valence-corrected chi connectivity index (χ1v) is 20.6. The quantitative estimate of drug-likeness (QED) is 0.0899. The number of carboxylic acid groups (broad SMARTS) is 1. The molecule has 4 aromatic carbocycles. The number of carboxylic acids is 1. The molecule has 0 spiro atoms. The Hall–Kier alpha value is -4.81. The molecule has 1 amide bonds. The van der Waals surface area contributed by atoms with E-state index in [-0.39, 0.29) is 17.9 Å². The highest BCUT2D eigenvalue weighted by Gasteiger charge is 2.27. The van der Waals surface area contributed by atoms with E-state index in [0.29, 0.717) is 60.1 Å². The number of methoxy groups -OCH3 is 3. The second-order valence-corrected chi connectivity index (χ2v) is 16.3. The van der Waals surface area contributed by atoms with Gasteiger partial charge in [-0.2, -0.15) is 5.10 Å². The van der Waals surface area contributed by atoms with Crippen LogP contribution in [0.3, 0.4) is 0 Å². The number of nitrogens with one attached hydrogen (secondary N) is 2. The molecule has 7 rings (SSSR count). The van der Waals surface area contributed by atoms with Gasteiger partial charge in [0.2, 0.25) is 5.91 Å². The SMILES string of the molecule is COc1cc(Cn2ncc3c(-c4cccc(-c5cc(OC)c(CNC[C@@H]6CCC(=O)N6)c(OC)c5)c4Cl)cccc32)c(Cl)cc1CN(C)CC1CCC(C(=O)O)CC1. The molecule has 1 saturated heterocycles. The number of carbonyl (C=O) groups is 2. The lowest BCUT2D eigenvalue weighted by molar-refractivity contribution is -0.143. The summed E-state index contributed by atoms with van der Waals surface area (Å²) in [6.07, 6.45) is 6.59. The van der Waals surface area contributed by atoms with E-state index in [9.17, 15) is 14.7 Å². The van der Waals surface area contributed by atoms with Crippen molar-refractivity contribution in [1.29, 1.82) is 0 Å². The molecule has 5 aromatic rings. The summed E-state index contributed by atoms with van der Waals surface area (Å²) in [4.78, 5) is 25.3. The second-order valence-electron chi connectivity index (χ2n) is 15.5. The summed E-state index contributed by atoms with van der Waals surface area (Å²) >= 11 is 14.2. The number of hydrogen-bond donors (Lipinski definition) is 3. The van der Waals surface area contributed by atoms with Crippen LogP contribution in [-0.2, 0) is 29.2 Å². The maximum atomic E-state index is 11.6. The minimum absolute atomic E-state index is 0.0925. The topological polar surface area (TPSA) is 127 Å². The zero-order valence-corrected chi connectivity index (χ0v) is 35.0. The first-order valence-electron chi connectivity index (χ1n) is 19.8. The Labute approximate surface area is 349 Å². The smallest absolute Gasteiger partial charge is 0.306 e. The number of carbonyl (C=O) groups excluding carboxylic acids is 1. The van der Waals surface area contributed by atoms with E-state index in [4.69, 9.17) is 42.5 Å². The van der Waals surface area contributed by atoms with Gasteiger partial charge in [0.15, 0.2) is 0 Å². The summed E-state index contributed by atoms with van der Waals surface area (Å²) in [6, 6.07) is 20.2. The van der Waals surface area contributed by atoms with Crippen molar-refractivity contribution >= 4 is 46.0 Å². The van der Waals surface area contributed by atoms with E-state index in [0.717, 1.165) is 94.2 Å². The van der Waals surface area contributed by atoms with Crippen molar-refractivity contribution in [2.45, 2.75) is 64.2 Å². The molecule has 58 heavy (non-hydrogen) atoms. The number of benzene rings is 4. The van der Waals surface area contributed by atoms with Crippen molar-refractivity contribution in [1.82, 2.24) is 25.3 Å². The van der Waals surface area contributed by atoms with Crippen LogP contribution in [0.2, 0.25) is 10.0 Å². The molecule has 1 aromatic heterocycles. The molecule has 1 saturated carbocycles. The van der Waals surface area contributed by atoms with Crippen LogP contribution in [0.1, 0.15) is 55.2 Å². The van der Waals surface area contributed by atoms with E-state index >= 15 is 0 Å². The Morgan fingerprint density at radius 3 is 2.28 bits per heavy atom. The van der Waals surface area contributed by atoms with Crippen molar-refractivity contribution in [3.63, 3.8) is 0 Å². The van der Waals surface area contributed by atoms with Crippen LogP contribution in [0.25, 0.3) is 33.2 Å². The number of rotatable bonds is 16. The number of aromatic nitrogens is 2. The van der Waals surface area contributed by atoms with Crippen LogP contribution >= 0.6 is 23.2 Å². The maximum absolute atomic E-state index is 11.6. The molecule has 2 aliphatic rings. The van der Waals surface area contributed by atoms with Crippen molar-refractivity contribution in [3.05, 3.63) is 93.6 Å². The highest BCUT2D eigenvalue weighted by molar-refractivity contribution is 6.36. The van der Waals surface area contributed by atoms with Crippen LogP contribution in [0, 0.1) is 11.8 Å². The van der Waals surface area contributed by atoms with E-state index in [1.54, 1.807) is 21.3 Å². The fourth-order valence-electron chi connectivity index (χ4n) is 8.56. The Morgan fingerprint density at radius 2 is 1.60 bits per heavy atom. The van der Waals surface area contributed by atoms with Crippen LogP contribution in [0.15, 0.2) is 66.9 Å². The van der Waals surface area contributed by atoms with Gasteiger partial charge in [-0.3, -0.25) is 14.3 Å². The number of aliphatic carboxylic acids is 1. The summed E-state index contributed by atoms with van der Waals surface area (Å²) in [7, 11) is 7.05. The second kappa shape index (κ2) is 18.4. The molecule has 1 aliphatic carbocycles. The predicted octanol–water partition coefficient (Wildman–Crippen LogP) is 8.44. The van der Waals surface area contributed by atoms with Crippen molar-refractivity contribution in [2.75, 3.05) is 41.5 Å². The number of halogens is 2. The molecule has 0 bridgehead atoms. The van der Waals surface area contributed by atoms with Gasteiger partial charge in [0.25, 0.3) is 0 Å². The highest BCUT2D eigenvalue weighted by atomic mass is 35.5. The van der Waals surface area contributed by atoms with Crippen LogP contribution < -0.4 is 24.8 Å². The number of ether oxygens (including phenoxy) is 3. The molecule has 3 N–H and O–H groups in total. The first-order chi connectivity index (χ1) is 28.1. The van der Waals surface area contributed by atoms with E-state index in [1.165, 1.54) is 0 Å². The summed E-state index contributed by atoms with van der Waals surface area (Å²) < 4.78 is 19.5. The van der Waals surface area contributed by atoms with E-state index in [2.05, 4.69) is 28.6 Å². The minimum Gasteiger partial charge on any atom is -0.496 e. The number of nitrogens with zero attached hydrogens (tertiary/aromatic N) is 3. The molecule has 2 heterocycles. The molecule has 306 valence electrons. The van der Waals surface area contributed by atoms with Gasteiger partial charge in [-0.25, -0.2) is 0 Å². The van der Waals surface area contributed by atoms with Gasteiger partial charge in [0, 0.05) is 71.3 Å². The zero-order chi connectivity index (χ0) is 40.9. The molecule has 1 aliphatic heterocycles. The van der Waals surface area contributed by atoms with Crippen LogP contribution in [-0.4, -0.2) is 79.2 Å². The van der Waals surface area contributed by atoms with Crippen molar-refractivity contribution in [3.8, 4) is 39.5 Å². The van der Waals surface area contributed by atoms with Gasteiger partial charge in [0.1, 0.15) is 17.2 Å². The molecule has 13 heteroatoms. The average Bonchev–Trinajstić information content (AvgIpc) is 3.84. The Bertz CT molecular complexity index is 2260. The predicted molar refractivity (Wildman–Crippen MR) is 228 cm³/mol. The summed E-state index contributed by atoms with van der Waals surface area (Å²) in [6.45, 7) is 3.16. The van der Waals surface area contributed by atoms with Gasteiger partial charge in [-0.1, -0.05) is 53.5 Å². The highest BCUT2D eigenvalue weighted by Crippen LogP contribution is 2.43. The monoisotopic (exact) mass is 827 g/mol. The Morgan fingerprint density at radius 1 is 0.914 bits per heavy atom. The van der Waals surface area contributed by atoms with E-state index < -0.39 is 5.97 Å². The summed E-state index contributed by atoms with van der Waals surface area (Å²) in [5, 5.41) is 22.8. The largest absolute Gasteiger partial charge is 0.496 e. The first kappa shape index (κ1) is 41.4. The van der Waals surface area contributed by atoms with Crippen LogP contribution in [0.4, 0.5) is 0 Å². The van der Waals surface area contributed by atoms with Gasteiger partial charge in [0.05, 0.1) is 50.5 Å². The summed E-state index contributed by atoms with van der Waals surface area (Å²) in [5.74, 6) is 1.79. The van der Waals surface area contributed by atoms with Gasteiger partial charge < -0.3 is 34.9 Å². The fraction of sp³-hybridized carbons (Fsp3) is 0.400. The number of fused-ring (bicyclic) bond motifs is 1. The Kier molecular flexibility index (Phi) is 13.1. The lowest BCUT2D eigenvalue weighted by atomic mass is 9.82. The molecule has 1 atom stereocenters. The van der Waals surface area contributed by atoms with Gasteiger partial charge in [-0.05, 0) is 92.1 Å². The molecular weight excluding hydrogens is 777 g/mol. The number of amides is 1. The lowest BCUT2D eigenvalue weighted by Gasteiger charge is -2.30. The molecule has 0 radical (unpaired) electrons. The van der Waals surface area contributed by atoms with E-state index in [1.807, 2.05) is 65.5 Å².